The number of hydrogen-bond donors (Lipinski definition) is 3. The van der Waals surface area contributed by atoms with Crippen LogP contribution in [0.5, 0.6) is 0 Å². The molecule has 0 aromatic carbocycles. The normalized spacial score (nSPS) is 25.4. The highest BCUT2D eigenvalue weighted by Gasteiger charge is 2.26. The number of carbonyl (C=O) groups excluding carboxylic acids is 2. The van der Waals surface area contributed by atoms with Crippen molar-refractivity contribution in [3.05, 3.63) is 0 Å². The highest BCUT2D eigenvalue weighted by molar-refractivity contribution is 5.81. The summed E-state index contributed by atoms with van der Waals surface area (Å²) in [5.41, 5.74) is 11.1. The zero-order valence-electron chi connectivity index (χ0n) is 11.2. The highest BCUT2D eigenvalue weighted by Crippen LogP contribution is 2.23. The second-order valence-corrected chi connectivity index (χ2v) is 5.21. The summed E-state index contributed by atoms with van der Waals surface area (Å²) < 4.78 is 0. The van der Waals surface area contributed by atoms with Gasteiger partial charge in [0.2, 0.25) is 11.8 Å². The third-order valence-electron chi connectivity index (χ3n) is 3.68. The van der Waals surface area contributed by atoms with Crippen molar-refractivity contribution in [1.29, 1.82) is 0 Å². The molecule has 18 heavy (non-hydrogen) atoms. The molecule has 1 unspecified atom stereocenters. The summed E-state index contributed by atoms with van der Waals surface area (Å²) in [5, 5.41) is 2.97. The van der Waals surface area contributed by atoms with Crippen molar-refractivity contribution in [3.63, 3.8) is 0 Å². The van der Waals surface area contributed by atoms with Gasteiger partial charge < -0.3 is 16.8 Å². The van der Waals surface area contributed by atoms with E-state index < -0.39 is 6.04 Å². The van der Waals surface area contributed by atoms with Gasteiger partial charge in [0.15, 0.2) is 0 Å². The van der Waals surface area contributed by atoms with E-state index in [0.717, 1.165) is 44.9 Å². The molecule has 0 aliphatic heterocycles. The maximum Gasteiger partial charge on any atom is 0.237 e. The summed E-state index contributed by atoms with van der Waals surface area (Å²) in [6.07, 6.45) is 5.93. The standard InChI is InChI=1S/C13H25N3O2/c1-2-3-4-11(14)13(18)16-10-7-5-9(6-8-10)12(15)17/h9-11H,2-8,14H2,1H3,(H2,15,17)(H,16,18). The molecule has 1 fully saturated rings. The summed E-state index contributed by atoms with van der Waals surface area (Å²) in [6.45, 7) is 2.08. The monoisotopic (exact) mass is 255 g/mol. The zero-order valence-corrected chi connectivity index (χ0v) is 11.2. The molecular formula is C13H25N3O2. The minimum atomic E-state index is -0.404. The van der Waals surface area contributed by atoms with Crippen LogP contribution in [-0.2, 0) is 9.59 Å². The molecule has 0 spiro atoms. The second kappa shape index (κ2) is 7.36. The van der Waals surface area contributed by atoms with E-state index in [9.17, 15) is 9.59 Å². The quantitative estimate of drug-likeness (QED) is 0.650. The number of carbonyl (C=O) groups is 2. The smallest absolute Gasteiger partial charge is 0.237 e. The van der Waals surface area contributed by atoms with Crippen LogP contribution in [0, 0.1) is 5.92 Å². The van der Waals surface area contributed by atoms with Crippen molar-refractivity contribution in [1.82, 2.24) is 5.32 Å². The van der Waals surface area contributed by atoms with Crippen LogP contribution in [0.2, 0.25) is 0 Å². The van der Waals surface area contributed by atoms with Crippen LogP contribution in [0.15, 0.2) is 0 Å². The molecule has 0 aromatic rings. The van der Waals surface area contributed by atoms with Crippen molar-refractivity contribution in [2.75, 3.05) is 0 Å². The van der Waals surface area contributed by atoms with Crippen LogP contribution >= 0.6 is 0 Å². The van der Waals surface area contributed by atoms with E-state index >= 15 is 0 Å². The SMILES string of the molecule is CCCCC(N)C(=O)NC1CCC(C(N)=O)CC1. The number of rotatable bonds is 6. The van der Waals surface area contributed by atoms with E-state index in [-0.39, 0.29) is 23.8 Å². The van der Waals surface area contributed by atoms with Gasteiger partial charge in [-0.25, -0.2) is 0 Å². The lowest BCUT2D eigenvalue weighted by molar-refractivity contribution is -0.124. The van der Waals surface area contributed by atoms with E-state index in [4.69, 9.17) is 11.5 Å². The van der Waals surface area contributed by atoms with E-state index in [1.807, 2.05) is 0 Å². The van der Waals surface area contributed by atoms with Gasteiger partial charge in [0.05, 0.1) is 6.04 Å². The summed E-state index contributed by atoms with van der Waals surface area (Å²) >= 11 is 0. The first-order valence-corrected chi connectivity index (χ1v) is 6.89. The zero-order chi connectivity index (χ0) is 13.5. The Morgan fingerprint density at radius 1 is 1.28 bits per heavy atom. The van der Waals surface area contributed by atoms with Gasteiger partial charge >= 0.3 is 0 Å². The fourth-order valence-electron chi connectivity index (χ4n) is 2.39. The van der Waals surface area contributed by atoms with Crippen molar-refractivity contribution in [2.45, 2.75) is 64.0 Å². The predicted molar refractivity (Wildman–Crippen MR) is 70.6 cm³/mol. The lowest BCUT2D eigenvalue weighted by atomic mass is 9.85. The molecule has 104 valence electrons. The van der Waals surface area contributed by atoms with E-state index in [1.54, 1.807) is 0 Å². The van der Waals surface area contributed by atoms with Crippen molar-refractivity contribution < 1.29 is 9.59 Å². The van der Waals surface area contributed by atoms with Crippen molar-refractivity contribution >= 4 is 11.8 Å². The minimum absolute atomic E-state index is 0.0214. The Morgan fingerprint density at radius 3 is 2.39 bits per heavy atom. The molecule has 0 saturated heterocycles. The Labute approximate surface area is 109 Å². The summed E-state index contributed by atoms with van der Waals surface area (Å²) in [6, 6.07) is -0.250. The van der Waals surface area contributed by atoms with Gasteiger partial charge in [0.1, 0.15) is 0 Å². The number of nitrogens with two attached hydrogens (primary N) is 2. The number of nitrogens with one attached hydrogen (secondary N) is 1. The van der Waals surface area contributed by atoms with Gasteiger partial charge in [-0.2, -0.15) is 0 Å². The van der Waals surface area contributed by atoms with Crippen LogP contribution in [0.3, 0.4) is 0 Å². The molecule has 5 N–H and O–H groups in total. The summed E-state index contributed by atoms with van der Waals surface area (Å²) in [4.78, 5) is 22.8. The maximum absolute atomic E-state index is 11.8. The largest absolute Gasteiger partial charge is 0.369 e. The third kappa shape index (κ3) is 4.64. The third-order valence-corrected chi connectivity index (χ3v) is 3.68. The Bertz CT molecular complexity index is 286. The average Bonchev–Trinajstić information content (AvgIpc) is 2.36. The molecule has 1 aliphatic carbocycles. The Kier molecular flexibility index (Phi) is 6.12. The van der Waals surface area contributed by atoms with Gasteiger partial charge in [0.25, 0.3) is 0 Å². The number of primary amides is 1. The minimum Gasteiger partial charge on any atom is -0.369 e. The van der Waals surface area contributed by atoms with Crippen LogP contribution in [0.25, 0.3) is 0 Å². The van der Waals surface area contributed by atoms with Crippen molar-refractivity contribution in [3.8, 4) is 0 Å². The Morgan fingerprint density at radius 2 is 1.89 bits per heavy atom. The summed E-state index contributed by atoms with van der Waals surface area (Å²) in [5.74, 6) is -0.308. The average molecular weight is 255 g/mol. The van der Waals surface area contributed by atoms with E-state index in [1.165, 1.54) is 0 Å². The molecule has 1 rings (SSSR count). The summed E-state index contributed by atoms with van der Waals surface area (Å²) in [7, 11) is 0. The molecule has 0 aromatic heterocycles. The molecule has 5 nitrogen and oxygen atoms in total. The van der Waals surface area contributed by atoms with Gasteiger partial charge in [0, 0.05) is 12.0 Å². The second-order valence-electron chi connectivity index (χ2n) is 5.21. The van der Waals surface area contributed by atoms with Gasteiger partial charge in [-0.05, 0) is 32.1 Å². The molecule has 2 amide bonds. The molecule has 1 saturated carbocycles. The highest BCUT2D eigenvalue weighted by atomic mass is 16.2. The first kappa shape index (κ1) is 15.0. The molecule has 1 atom stereocenters. The first-order chi connectivity index (χ1) is 8.54. The number of amides is 2. The van der Waals surface area contributed by atoms with Crippen molar-refractivity contribution in [2.24, 2.45) is 17.4 Å². The predicted octanol–water partition coefficient (Wildman–Crippen LogP) is 0.664. The Hall–Kier alpha value is -1.10. The van der Waals surface area contributed by atoms with Gasteiger partial charge in [-0.15, -0.1) is 0 Å². The van der Waals surface area contributed by atoms with Crippen LogP contribution < -0.4 is 16.8 Å². The van der Waals surface area contributed by atoms with E-state index in [0.29, 0.717) is 0 Å². The molecule has 1 aliphatic rings. The van der Waals surface area contributed by atoms with Crippen LogP contribution in [0.4, 0.5) is 0 Å². The van der Waals surface area contributed by atoms with Gasteiger partial charge in [-0.1, -0.05) is 19.8 Å². The number of unbranched alkanes of at least 4 members (excludes halogenated alkanes) is 1. The van der Waals surface area contributed by atoms with E-state index in [2.05, 4.69) is 12.2 Å². The first-order valence-electron chi connectivity index (χ1n) is 6.89. The van der Waals surface area contributed by atoms with Gasteiger partial charge in [-0.3, -0.25) is 9.59 Å². The maximum atomic E-state index is 11.8. The molecular weight excluding hydrogens is 230 g/mol. The Balaban J connectivity index is 2.27. The molecule has 5 heteroatoms. The molecule has 0 heterocycles. The fourth-order valence-corrected chi connectivity index (χ4v) is 2.39. The fraction of sp³-hybridized carbons (Fsp3) is 0.846. The molecule has 0 radical (unpaired) electrons. The topological polar surface area (TPSA) is 98.2 Å². The van der Waals surface area contributed by atoms with Crippen LogP contribution in [0.1, 0.15) is 51.9 Å². The number of hydrogen-bond acceptors (Lipinski definition) is 3. The lowest BCUT2D eigenvalue weighted by Gasteiger charge is -2.28. The molecule has 0 bridgehead atoms. The lowest BCUT2D eigenvalue weighted by Crippen LogP contribution is -2.47. The van der Waals surface area contributed by atoms with Crippen LogP contribution in [-0.4, -0.2) is 23.9 Å².